The second-order valence-corrected chi connectivity index (χ2v) is 9.02. The van der Waals surface area contributed by atoms with Crippen molar-refractivity contribution in [3.05, 3.63) is 23.9 Å². The summed E-state index contributed by atoms with van der Waals surface area (Å²) < 4.78 is 5.93. The van der Waals surface area contributed by atoms with Gasteiger partial charge in [-0.1, -0.05) is 6.07 Å². The van der Waals surface area contributed by atoms with Gasteiger partial charge in [-0.15, -0.1) is 0 Å². The molecule has 7 heteroatoms. The predicted octanol–water partition coefficient (Wildman–Crippen LogP) is 2.26. The van der Waals surface area contributed by atoms with Gasteiger partial charge in [-0.05, 0) is 44.1 Å². The third kappa shape index (κ3) is 5.27. The largest absolute Gasteiger partial charge is 0.375 e. The average molecular weight is 378 g/mol. The zero-order valence-corrected chi connectivity index (χ0v) is 16.9. The number of nitrogens with zero attached hydrogens (tertiary/aromatic N) is 3. The summed E-state index contributed by atoms with van der Waals surface area (Å²) >= 11 is 2.06. The number of ether oxygens (including phenoxy) is 1. The molecule has 2 saturated heterocycles. The van der Waals surface area contributed by atoms with Crippen molar-refractivity contribution in [3.8, 4) is 0 Å². The lowest BCUT2D eigenvalue weighted by Gasteiger charge is -2.32. The maximum Gasteiger partial charge on any atom is 0.191 e. The number of nitrogens with one attached hydrogen (secondary N) is 2. The molecule has 2 atom stereocenters. The van der Waals surface area contributed by atoms with E-state index in [0.717, 1.165) is 50.1 Å². The van der Waals surface area contributed by atoms with Crippen LogP contribution in [0, 0.1) is 0 Å². The number of hydrogen-bond donors (Lipinski definition) is 2. The zero-order valence-electron chi connectivity index (χ0n) is 16.1. The first-order chi connectivity index (χ1) is 12.6. The highest BCUT2D eigenvalue weighted by Crippen LogP contribution is 2.36. The number of guanidine groups is 1. The molecular weight excluding hydrogens is 346 g/mol. The number of thioether (sulfide) groups is 1. The van der Waals surface area contributed by atoms with Crippen LogP contribution in [0.4, 0.5) is 5.82 Å². The van der Waals surface area contributed by atoms with Crippen LogP contribution in [0.1, 0.15) is 32.3 Å². The summed E-state index contributed by atoms with van der Waals surface area (Å²) in [4.78, 5) is 11.2. The highest BCUT2D eigenvalue weighted by atomic mass is 32.2. The van der Waals surface area contributed by atoms with E-state index in [1.165, 1.54) is 18.6 Å². The molecule has 0 bridgehead atoms. The second kappa shape index (κ2) is 8.95. The zero-order chi connectivity index (χ0) is 18.4. The molecule has 2 aliphatic rings. The van der Waals surface area contributed by atoms with Crippen molar-refractivity contribution in [2.75, 3.05) is 43.9 Å². The van der Waals surface area contributed by atoms with E-state index in [0.29, 0.717) is 4.75 Å². The SMILES string of the molecule is CN=C(NCc1ccc(N2CCOC(C)C2)nc1)NCC1(C)CCCS1. The highest BCUT2D eigenvalue weighted by Gasteiger charge is 2.29. The number of rotatable bonds is 5. The van der Waals surface area contributed by atoms with E-state index in [9.17, 15) is 0 Å². The number of pyridine rings is 1. The van der Waals surface area contributed by atoms with Gasteiger partial charge in [0.2, 0.25) is 0 Å². The first-order valence-electron chi connectivity index (χ1n) is 9.48. The number of anilines is 1. The minimum atomic E-state index is 0.265. The van der Waals surface area contributed by atoms with Crippen molar-refractivity contribution in [2.24, 2.45) is 4.99 Å². The summed E-state index contributed by atoms with van der Waals surface area (Å²) in [5.41, 5.74) is 1.15. The maximum absolute atomic E-state index is 5.60. The number of aromatic nitrogens is 1. The van der Waals surface area contributed by atoms with E-state index in [1.54, 1.807) is 0 Å². The predicted molar refractivity (Wildman–Crippen MR) is 110 cm³/mol. The molecule has 2 N–H and O–H groups in total. The quantitative estimate of drug-likeness (QED) is 0.606. The lowest BCUT2D eigenvalue weighted by atomic mass is 10.1. The van der Waals surface area contributed by atoms with E-state index in [-0.39, 0.29) is 6.10 Å². The Bertz CT molecular complexity index is 600. The minimum absolute atomic E-state index is 0.265. The van der Waals surface area contributed by atoms with Crippen molar-refractivity contribution in [3.63, 3.8) is 0 Å². The Balaban J connectivity index is 1.47. The van der Waals surface area contributed by atoms with E-state index in [2.05, 4.69) is 63.3 Å². The van der Waals surface area contributed by atoms with Gasteiger partial charge in [-0.3, -0.25) is 4.99 Å². The topological polar surface area (TPSA) is 61.8 Å². The fourth-order valence-electron chi connectivity index (χ4n) is 3.39. The van der Waals surface area contributed by atoms with Gasteiger partial charge in [0.05, 0.1) is 12.7 Å². The monoisotopic (exact) mass is 377 g/mol. The van der Waals surface area contributed by atoms with Crippen LogP contribution in [0.25, 0.3) is 0 Å². The number of aliphatic imine (C=N–C) groups is 1. The molecule has 2 unspecified atom stereocenters. The van der Waals surface area contributed by atoms with E-state index in [1.807, 2.05) is 13.2 Å². The Labute approximate surface area is 161 Å². The number of hydrogen-bond acceptors (Lipinski definition) is 5. The molecule has 144 valence electrons. The molecule has 0 aromatic carbocycles. The van der Waals surface area contributed by atoms with Crippen LogP contribution < -0.4 is 15.5 Å². The van der Waals surface area contributed by atoms with Crippen LogP contribution >= 0.6 is 11.8 Å². The third-order valence-electron chi connectivity index (χ3n) is 4.99. The Morgan fingerprint density at radius 3 is 3.00 bits per heavy atom. The summed E-state index contributed by atoms with van der Waals surface area (Å²) in [5.74, 6) is 3.15. The second-order valence-electron chi connectivity index (χ2n) is 7.33. The Hall–Kier alpha value is -1.47. The fourth-order valence-corrected chi connectivity index (χ4v) is 4.63. The van der Waals surface area contributed by atoms with Crippen molar-refractivity contribution in [1.82, 2.24) is 15.6 Å². The number of morpholine rings is 1. The van der Waals surface area contributed by atoms with Gasteiger partial charge in [0.15, 0.2) is 5.96 Å². The van der Waals surface area contributed by atoms with Crippen molar-refractivity contribution < 1.29 is 4.74 Å². The maximum atomic E-state index is 5.60. The fraction of sp³-hybridized carbons (Fsp3) is 0.684. The van der Waals surface area contributed by atoms with Crippen LogP contribution in [0.3, 0.4) is 0 Å². The molecule has 1 aromatic heterocycles. The van der Waals surface area contributed by atoms with Gasteiger partial charge in [0, 0.05) is 44.2 Å². The molecule has 26 heavy (non-hydrogen) atoms. The van der Waals surface area contributed by atoms with Gasteiger partial charge >= 0.3 is 0 Å². The lowest BCUT2D eigenvalue weighted by molar-refractivity contribution is 0.0529. The van der Waals surface area contributed by atoms with Crippen LogP contribution in [0.2, 0.25) is 0 Å². The molecule has 0 aliphatic carbocycles. The van der Waals surface area contributed by atoms with Gasteiger partial charge in [0.25, 0.3) is 0 Å². The van der Waals surface area contributed by atoms with Crippen molar-refractivity contribution >= 4 is 23.5 Å². The van der Waals surface area contributed by atoms with E-state index < -0.39 is 0 Å². The van der Waals surface area contributed by atoms with Crippen LogP contribution in [-0.2, 0) is 11.3 Å². The van der Waals surface area contributed by atoms with Gasteiger partial charge in [0.1, 0.15) is 5.82 Å². The standard InChI is InChI=1S/C19H31N5OS/c1-15-13-24(8-9-25-15)17-6-5-16(11-21-17)12-22-18(20-3)23-14-19(2)7-4-10-26-19/h5-6,11,15H,4,7-10,12-14H2,1-3H3,(H2,20,22,23). The molecule has 0 spiro atoms. The molecule has 0 radical (unpaired) electrons. The lowest BCUT2D eigenvalue weighted by Crippen LogP contribution is -2.43. The molecule has 0 saturated carbocycles. The van der Waals surface area contributed by atoms with Crippen LogP contribution in [-0.4, -0.2) is 60.8 Å². The Kier molecular flexibility index (Phi) is 6.64. The molecule has 3 rings (SSSR count). The summed E-state index contributed by atoms with van der Waals surface area (Å²) in [6.07, 6.45) is 4.80. The summed E-state index contributed by atoms with van der Waals surface area (Å²) in [6.45, 7) is 8.68. The molecular formula is C19H31N5OS. The third-order valence-corrected chi connectivity index (χ3v) is 6.53. The van der Waals surface area contributed by atoms with Crippen LogP contribution in [0.15, 0.2) is 23.3 Å². The van der Waals surface area contributed by atoms with Gasteiger partial charge in [-0.25, -0.2) is 4.98 Å². The normalized spacial score (nSPS) is 26.8. The minimum Gasteiger partial charge on any atom is -0.375 e. The van der Waals surface area contributed by atoms with Crippen LogP contribution in [0.5, 0.6) is 0 Å². The average Bonchev–Trinajstić information content (AvgIpc) is 3.09. The summed E-state index contributed by atoms with van der Waals surface area (Å²) in [6, 6.07) is 4.23. The molecule has 6 nitrogen and oxygen atoms in total. The van der Waals surface area contributed by atoms with Crippen molar-refractivity contribution in [2.45, 2.75) is 44.1 Å². The molecule has 0 amide bonds. The van der Waals surface area contributed by atoms with E-state index in [4.69, 9.17) is 4.74 Å². The Morgan fingerprint density at radius 1 is 1.46 bits per heavy atom. The van der Waals surface area contributed by atoms with Crippen molar-refractivity contribution in [1.29, 1.82) is 0 Å². The van der Waals surface area contributed by atoms with Gasteiger partial charge in [-0.2, -0.15) is 11.8 Å². The molecule has 2 aliphatic heterocycles. The molecule has 2 fully saturated rings. The van der Waals surface area contributed by atoms with E-state index >= 15 is 0 Å². The summed E-state index contributed by atoms with van der Waals surface area (Å²) in [7, 11) is 1.82. The first kappa shape index (κ1) is 19.3. The van der Waals surface area contributed by atoms with Gasteiger partial charge < -0.3 is 20.3 Å². The summed E-state index contributed by atoms with van der Waals surface area (Å²) in [5, 5.41) is 6.85. The Morgan fingerprint density at radius 2 is 2.35 bits per heavy atom. The highest BCUT2D eigenvalue weighted by molar-refractivity contribution is 8.00. The smallest absolute Gasteiger partial charge is 0.191 e. The first-order valence-corrected chi connectivity index (χ1v) is 10.5. The molecule has 3 heterocycles. The molecule has 1 aromatic rings.